The second-order valence-corrected chi connectivity index (χ2v) is 7.96. The Kier molecular flexibility index (Phi) is 5.57. The van der Waals surface area contributed by atoms with Crippen molar-refractivity contribution in [2.24, 2.45) is 0 Å². The first-order valence-corrected chi connectivity index (χ1v) is 10.3. The van der Waals surface area contributed by atoms with Gasteiger partial charge in [0.15, 0.2) is 21.0 Å². The van der Waals surface area contributed by atoms with Crippen LogP contribution in [0.15, 0.2) is 36.4 Å². The number of anilines is 1. The summed E-state index contributed by atoms with van der Waals surface area (Å²) in [5.74, 6) is 2.52. The van der Waals surface area contributed by atoms with Crippen molar-refractivity contribution in [2.45, 2.75) is 18.4 Å². The second kappa shape index (κ2) is 8.16. The van der Waals surface area contributed by atoms with E-state index in [0.29, 0.717) is 33.0 Å². The number of hydrogen-bond acceptors (Lipinski definition) is 6. The Hall–Kier alpha value is -2.78. The van der Waals surface area contributed by atoms with E-state index in [2.05, 4.69) is 34.3 Å². The lowest BCUT2D eigenvalue weighted by atomic mass is 10.1. The van der Waals surface area contributed by atoms with Crippen LogP contribution in [0.3, 0.4) is 0 Å². The van der Waals surface area contributed by atoms with Gasteiger partial charge < -0.3 is 19.1 Å². The number of hydrogen-bond donors (Lipinski definition) is 2. The molecule has 30 heavy (non-hydrogen) atoms. The van der Waals surface area contributed by atoms with E-state index in [1.54, 1.807) is 21.3 Å². The molecule has 0 spiro atoms. The van der Waals surface area contributed by atoms with Crippen LogP contribution in [-0.2, 0) is 0 Å². The third kappa shape index (κ3) is 3.59. The first-order chi connectivity index (χ1) is 14.5. The van der Waals surface area contributed by atoms with Crippen LogP contribution in [0.25, 0.3) is 5.69 Å². The molecule has 3 aromatic rings. The lowest BCUT2D eigenvalue weighted by Gasteiger charge is -2.21. The molecule has 4 rings (SSSR count). The van der Waals surface area contributed by atoms with Crippen LogP contribution in [-0.4, -0.2) is 49.2 Å². The fourth-order valence-corrected chi connectivity index (χ4v) is 4.43. The van der Waals surface area contributed by atoms with Gasteiger partial charge in [0.05, 0.1) is 27.0 Å². The molecule has 1 saturated carbocycles. The standard InChI is InChI=1S/C21H24N4O3S2/c1-24(12-6-5-7-13(8-12)25-20(29)22-23-21(25)30)16-9-14(16)15-10-18(27-3)19(28-4)11-17(15)26-2/h5-8,10-11,14,16H,9H2,1-4H3,(H,22,29)(H,23,30). The molecular weight excluding hydrogens is 420 g/mol. The summed E-state index contributed by atoms with van der Waals surface area (Å²) in [5.41, 5.74) is 3.14. The molecule has 1 fully saturated rings. The molecule has 2 atom stereocenters. The minimum atomic E-state index is 0.339. The summed E-state index contributed by atoms with van der Waals surface area (Å²) >= 11 is 10.7. The number of aromatic amines is 2. The minimum Gasteiger partial charge on any atom is -0.496 e. The van der Waals surface area contributed by atoms with Crippen molar-refractivity contribution in [1.82, 2.24) is 14.8 Å². The second-order valence-electron chi connectivity index (χ2n) is 7.19. The topological polar surface area (TPSA) is 67.4 Å². The fourth-order valence-electron chi connectivity index (χ4n) is 3.87. The van der Waals surface area contributed by atoms with Crippen LogP contribution in [0.5, 0.6) is 17.2 Å². The van der Waals surface area contributed by atoms with Crippen LogP contribution in [0.4, 0.5) is 5.69 Å². The molecule has 0 radical (unpaired) electrons. The van der Waals surface area contributed by atoms with Gasteiger partial charge in [0.2, 0.25) is 0 Å². The maximum Gasteiger partial charge on any atom is 0.198 e. The Balaban J connectivity index is 1.62. The highest BCUT2D eigenvalue weighted by Crippen LogP contribution is 2.51. The molecule has 0 saturated heterocycles. The van der Waals surface area contributed by atoms with E-state index in [1.165, 1.54) is 0 Å². The highest BCUT2D eigenvalue weighted by molar-refractivity contribution is 7.72. The lowest BCUT2D eigenvalue weighted by molar-refractivity contribution is 0.347. The molecule has 1 heterocycles. The van der Waals surface area contributed by atoms with E-state index in [-0.39, 0.29) is 0 Å². The van der Waals surface area contributed by atoms with Gasteiger partial charge in [0.25, 0.3) is 0 Å². The van der Waals surface area contributed by atoms with Crippen LogP contribution in [0.1, 0.15) is 17.9 Å². The van der Waals surface area contributed by atoms with Crippen molar-refractivity contribution >= 4 is 30.1 Å². The van der Waals surface area contributed by atoms with E-state index in [9.17, 15) is 0 Å². The van der Waals surface area contributed by atoms with E-state index in [1.807, 2.05) is 28.8 Å². The zero-order valence-electron chi connectivity index (χ0n) is 17.3. The number of H-pyrrole nitrogens is 2. The molecule has 0 aliphatic heterocycles. The van der Waals surface area contributed by atoms with Gasteiger partial charge in [-0.05, 0) is 55.1 Å². The van der Waals surface area contributed by atoms with Gasteiger partial charge in [0, 0.05) is 36.3 Å². The molecule has 1 aliphatic carbocycles. The smallest absolute Gasteiger partial charge is 0.198 e. The Bertz CT molecular complexity index is 1160. The highest BCUT2D eigenvalue weighted by Gasteiger charge is 2.43. The van der Waals surface area contributed by atoms with Gasteiger partial charge in [-0.3, -0.25) is 14.8 Å². The molecule has 0 bridgehead atoms. The van der Waals surface area contributed by atoms with Crippen LogP contribution in [0, 0.1) is 9.54 Å². The number of rotatable bonds is 7. The summed E-state index contributed by atoms with van der Waals surface area (Å²) in [7, 11) is 7.06. The molecule has 2 aromatic carbocycles. The number of nitrogens with zero attached hydrogens (tertiary/aromatic N) is 2. The van der Waals surface area contributed by atoms with Gasteiger partial charge >= 0.3 is 0 Å². The quantitative estimate of drug-likeness (QED) is 0.519. The average Bonchev–Trinajstić information content (AvgIpc) is 3.50. The largest absolute Gasteiger partial charge is 0.496 e. The number of likely N-dealkylation sites (N-methyl/N-ethyl adjacent to an activating group) is 1. The van der Waals surface area contributed by atoms with Crippen LogP contribution >= 0.6 is 24.4 Å². The normalized spacial score (nSPS) is 17.5. The fraction of sp³-hybridized carbons (Fsp3) is 0.333. The molecule has 0 amide bonds. The van der Waals surface area contributed by atoms with Gasteiger partial charge in [-0.15, -0.1) is 0 Å². The molecule has 2 N–H and O–H groups in total. The maximum atomic E-state index is 5.63. The number of methoxy groups -OCH3 is 3. The Morgan fingerprint density at radius 3 is 2.20 bits per heavy atom. The van der Waals surface area contributed by atoms with Crippen molar-refractivity contribution in [1.29, 1.82) is 0 Å². The van der Waals surface area contributed by atoms with Gasteiger partial charge in [-0.1, -0.05) is 6.07 Å². The molecule has 9 heteroatoms. The first kappa shape index (κ1) is 20.5. The molecule has 7 nitrogen and oxygen atoms in total. The maximum absolute atomic E-state index is 5.63. The number of benzene rings is 2. The predicted octanol–water partition coefficient (Wildman–Crippen LogP) is 4.61. The Morgan fingerprint density at radius 1 is 0.933 bits per heavy atom. The summed E-state index contributed by atoms with van der Waals surface area (Å²) < 4.78 is 19.4. The monoisotopic (exact) mass is 444 g/mol. The Labute approximate surface area is 185 Å². The van der Waals surface area contributed by atoms with Crippen LogP contribution < -0.4 is 19.1 Å². The minimum absolute atomic E-state index is 0.339. The molecule has 1 aromatic heterocycles. The number of ether oxygens (including phenoxy) is 3. The van der Waals surface area contributed by atoms with Crippen molar-refractivity contribution in [3.63, 3.8) is 0 Å². The van der Waals surface area contributed by atoms with Gasteiger partial charge in [-0.25, -0.2) is 0 Å². The van der Waals surface area contributed by atoms with E-state index in [4.69, 9.17) is 38.6 Å². The zero-order chi connectivity index (χ0) is 21.4. The van der Waals surface area contributed by atoms with Gasteiger partial charge in [-0.2, -0.15) is 0 Å². The average molecular weight is 445 g/mol. The molecule has 2 unspecified atom stereocenters. The summed E-state index contributed by atoms with van der Waals surface area (Å²) in [6.45, 7) is 0. The first-order valence-electron chi connectivity index (χ1n) is 9.51. The summed E-state index contributed by atoms with van der Waals surface area (Å²) in [6.07, 6.45) is 1.02. The van der Waals surface area contributed by atoms with Crippen LogP contribution in [0.2, 0.25) is 0 Å². The summed E-state index contributed by atoms with van der Waals surface area (Å²) in [6, 6.07) is 12.4. The molecular formula is C21H24N4O3S2. The Morgan fingerprint density at radius 2 is 1.57 bits per heavy atom. The summed E-state index contributed by atoms with van der Waals surface area (Å²) in [4.78, 5) is 2.29. The third-order valence-electron chi connectivity index (χ3n) is 5.57. The van der Waals surface area contributed by atoms with E-state index >= 15 is 0 Å². The number of aromatic nitrogens is 3. The number of nitrogens with one attached hydrogen (secondary N) is 2. The zero-order valence-corrected chi connectivity index (χ0v) is 18.9. The van der Waals surface area contributed by atoms with Crippen molar-refractivity contribution < 1.29 is 14.2 Å². The van der Waals surface area contributed by atoms with E-state index < -0.39 is 0 Å². The van der Waals surface area contributed by atoms with Gasteiger partial charge in [0.1, 0.15) is 5.75 Å². The van der Waals surface area contributed by atoms with Crippen molar-refractivity contribution in [2.75, 3.05) is 33.3 Å². The molecule has 158 valence electrons. The lowest BCUT2D eigenvalue weighted by Crippen LogP contribution is -2.21. The van der Waals surface area contributed by atoms with Crippen molar-refractivity contribution in [3.05, 3.63) is 51.5 Å². The summed E-state index contributed by atoms with van der Waals surface area (Å²) in [5, 5.41) is 5.76. The third-order valence-corrected chi connectivity index (χ3v) is 6.14. The van der Waals surface area contributed by atoms with Crippen molar-refractivity contribution in [3.8, 4) is 22.9 Å². The predicted molar refractivity (Wildman–Crippen MR) is 122 cm³/mol. The molecule has 1 aliphatic rings. The van der Waals surface area contributed by atoms with E-state index in [0.717, 1.165) is 29.1 Å². The SMILES string of the molecule is COc1cc(OC)c(C2CC2N(C)c2cccc(-n3c(=S)[nH][nH]c3=S)c2)cc1OC. The highest BCUT2D eigenvalue weighted by atomic mass is 32.1.